The van der Waals surface area contributed by atoms with Crippen molar-refractivity contribution in [3.63, 3.8) is 0 Å². The van der Waals surface area contributed by atoms with E-state index in [1.165, 1.54) is 4.90 Å². The first kappa shape index (κ1) is 17.8. The maximum Gasteiger partial charge on any atom is 0.407 e. The number of ether oxygens (including phenoxy) is 2. The highest BCUT2D eigenvalue weighted by Crippen LogP contribution is 2.33. The summed E-state index contributed by atoms with van der Waals surface area (Å²) in [6.45, 7) is 0.808. The Labute approximate surface area is 161 Å². The minimum absolute atomic E-state index is 0.357. The van der Waals surface area contributed by atoms with Gasteiger partial charge in [0, 0.05) is 24.3 Å². The zero-order valence-electron chi connectivity index (χ0n) is 15.6. The Morgan fingerprint density at radius 1 is 1.21 bits per heavy atom. The summed E-state index contributed by atoms with van der Waals surface area (Å²) in [4.78, 5) is 24.8. The SMILES string of the molecule is COc1ccc(-c2cc3nc(C4=CCN(C(=O)O)CC4)ncc3[nH]2)cc1OC. The van der Waals surface area contributed by atoms with Gasteiger partial charge in [-0.25, -0.2) is 14.8 Å². The Kier molecular flexibility index (Phi) is 4.60. The number of nitrogens with one attached hydrogen (secondary N) is 1. The van der Waals surface area contributed by atoms with Crippen LogP contribution < -0.4 is 9.47 Å². The first-order valence-corrected chi connectivity index (χ1v) is 8.84. The maximum atomic E-state index is 11.0. The van der Waals surface area contributed by atoms with Gasteiger partial charge in [-0.2, -0.15) is 0 Å². The van der Waals surface area contributed by atoms with Crippen LogP contribution in [0.1, 0.15) is 12.2 Å². The highest BCUT2D eigenvalue weighted by molar-refractivity contribution is 5.83. The van der Waals surface area contributed by atoms with Crippen molar-refractivity contribution in [2.75, 3.05) is 27.3 Å². The quantitative estimate of drug-likeness (QED) is 0.719. The Morgan fingerprint density at radius 3 is 2.71 bits per heavy atom. The second kappa shape index (κ2) is 7.22. The van der Waals surface area contributed by atoms with Crippen molar-refractivity contribution in [1.82, 2.24) is 19.9 Å². The van der Waals surface area contributed by atoms with Crippen LogP contribution in [0.3, 0.4) is 0 Å². The second-order valence-corrected chi connectivity index (χ2v) is 6.45. The van der Waals surface area contributed by atoms with E-state index in [-0.39, 0.29) is 0 Å². The highest BCUT2D eigenvalue weighted by atomic mass is 16.5. The third-order valence-electron chi connectivity index (χ3n) is 4.83. The van der Waals surface area contributed by atoms with Gasteiger partial charge in [-0.1, -0.05) is 6.08 Å². The van der Waals surface area contributed by atoms with Crippen LogP contribution in [0.5, 0.6) is 11.5 Å². The number of amides is 1. The van der Waals surface area contributed by atoms with E-state index in [1.807, 2.05) is 30.3 Å². The highest BCUT2D eigenvalue weighted by Gasteiger charge is 2.18. The number of hydrogen-bond acceptors (Lipinski definition) is 5. The van der Waals surface area contributed by atoms with Gasteiger partial charge in [0.15, 0.2) is 17.3 Å². The lowest BCUT2D eigenvalue weighted by molar-refractivity contribution is 0.150. The molecule has 4 rings (SSSR count). The standard InChI is InChI=1S/C20H20N4O4/c1-27-17-4-3-13(9-18(17)28-2)14-10-15-16(22-14)11-21-19(23-15)12-5-7-24(8-6-12)20(25)26/h3-5,9-11,22H,6-8H2,1-2H3,(H,25,26). The molecule has 2 aromatic heterocycles. The van der Waals surface area contributed by atoms with E-state index in [4.69, 9.17) is 14.6 Å². The maximum absolute atomic E-state index is 11.0. The smallest absolute Gasteiger partial charge is 0.407 e. The number of benzene rings is 1. The normalized spacial score (nSPS) is 14.1. The summed E-state index contributed by atoms with van der Waals surface area (Å²) >= 11 is 0. The van der Waals surface area contributed by atoms with Crippen molar-refractivity contribution in [2.45, 2.75) is 6.42 Å². The molecule has 0 aliphatic carbocycles. The summed E-state index contributed by atoms with van der Waals surface area (Å²) in [7, 11) is 3.21. The molecule has 144 valence electrons. The largest absolute Gasteiger partial charge is 0.493 e. The van der Waals surface area contributed by atoms with Gasteiger partial charge in [0.05, 0.1) is 31.4 Å². The molecule has 1 aliphatic rings. The Hall–Kier alpha value is -3.55. The number of carbonyl (C=O) groups is 1. The number of hydrogen-bond donors (Lipinski definition) is 2. The van der Waals surface area contributed by atoms with E-state index in [9.17, 15) is 4.79 Å². The number of methoxy groups -OCH3 is 2. The van der Waals surface area contributed by atoms with Crippen LogP contribution in [0.15, 0.2) is 36.5 Å². The molecular weight excluding hydrogens is 360 g/mol. The molecular formula is C20H20N4O4. The lowest BCUT2D eigenvalue weighted by Crippen LogP contribution is -2.33. The molecule has 1 amide bonds. The fraction of sp³-hybridized carbons (Fsp3) is 0.250. The summed E-state index contributed by atoms with van der Waals surface area (Å²) in [6.07, 6.45) is 3.33. The first-order chi connectivity index (χ1) is 13.6. The van der Waals surface area contributed by atoms with Gasteiger partial charge in [-0.3, -0.25) is 0 Å². The van der Waals surface area contributed by atoms with E-state index in [1.54, 1.807) is 20.4 Å². The molecule has 0 radical (unpaired) electrons. The third kappa shape index (κ3) is 3.24. The fourth-order valence-electron chi connectivity index (χ4n) is 3.28. The van der Waals surface area contributed by atoms with E-state index in [0.29, 0.717) is 36.8 Å². The summed E-state index contributed by atoms with van der Waals surface area (Å²) in [6, 6.07) is 7.68. The summed E-state index contributed by atoms with van der Waals surface area (Å²) < 4.78 is 10.7. The summed E-state index contributed by atoms with van der Waals surface area (Å²) in [5.41, 5.74) is 4.45. The molecule has 8 heteroatoms. The molecule has 0 spiro atoms. The van der Waals surface area contributed by atoms with Crippen molar-refractivity contribution in [2.24, 2.45) is 0 Å². The van der Waals surface area contributed by atoms with E-state index < -0.39 is 6.09 Å². The molecule has 0 unspecified atom stereocenters. The Balaban J connectivity index is 1.65. The molecule has 28 heavy (non-hydrogen) atoms. The number of aromatic amines is 1. The van der Waals surface area contributed by atoms with E-state index >= 15 is 0 Å². The monoisotopic (exact) mass is 380 g/mol. The third-order valence-corrected chi connectivity index (χ3v) is 4.83. The second-order valence-electron chi connectivity index (χ2n) is 6.45. The first-order valence-electron chi connectivity index (χ1n) is 8.84. The Morgan fingerprint density at radius 2 is 2.04 bits per heavy atom. The van der Waals surface area contributed by atoms with Gasteiger partial charge in [0.1, 0.15) is 0 Å². The lowest BCUT2D eigenvalue weighted by Gasteiger charge is -2.22. The molecule has 3 heterocycles. The fourth-order valence-corrected chi connectivity index (χ4v) is 3.28. The van der Waals surface area contributed by atoms with Crippen LogP contribution in [0.4, 0.5) is 4.79 Å². The molecule has 3 aromatic rings. The number of nitrogens with zero attached hydrogens (tertiary/aromatic N) is 3. The zero-order valence-corrected chi connectivity index (χ0v) is 15.6. The number of rotatable bonds is 4. The van der Waals surface area contributed by atoms with Crippen molar-refractivity contribution in [3.8, 4) is 22.8 Å². The van der Waals surface area contributed by atoms with Gasteiger partial charge in [0.25, 0.3) is 0 Å². The minimum atomic E-state index is -0.906. The average Bonchev–Trinajstić information content (AvgIpc) is 3.16. The molecule has 0 fully saturated rings. The Bertz CT molecular complexity index is 1070. The number of aromatic nitrogens is 3. The predicted molar refractivity (Wildman–Crippen MR) is 105 cm³/mol. The van der Waals surface area contributed by atoms with Gasteiger partial charge in [-0.15, -0.1) is 0 Å². The molecule has 1 aliphatic heterocycles. The zero-order chi connectivity index (χ0) is 19.7. The lowest BCUT2D eigenvalue weighted by atomic mass is 10.1. The van der Waals surface area contributed by atoms with E-state index in [2.05, 4.69) is 15.0 Å². The van der Waals surface area contributed by atoms with Gasteiger partial charge < -0.3 is 24.5 Å². The van der Waals surface area contributed by atoms with Crippen molar-refractivity contribution < 1.29 is 19.4 Å². The molecule has 0 saturated carbocycles. The van der Waals surface area contributed by atoms with Gasteiger partial charge in [0.2, 0.25) is 0 Å². The van der Waals surface area contributed by atoms with Crippen molar-refractivity contribution >= 4 is 22.7 Å². The molecule has 0 saturated heterocycles. The van der Waals surface area contributed by atoms with Gasteiger partial charge in [-0.05, 0) is 36.3 Å². The summed E-state index contributed by atoms with van der Waals surface area (Å²) in [5, 5.41) is 9.06. The molecule has 2 N–H and O–H groups in total. The van der Waals surface area contributed by atoms with Crippen LogP contribution in [0.25, 0.3) is 27.9 Å². The molecule has 0 bridgehead atoms. The van der Waals surface area contributed by atoms with Crippen LogP contribution in [0, 0.1) is 0 Å². The van der Waals surface area contributed by atoms with E-state index in [0.717, 1.165) is 27.9 Å². The summed E-state index contributed by atoms with van der Waals surface area (Å²) in [5.74, 6) is 1.96. The van der Waals surface area contributed by atoms with Crippen LogP contribution in [-0.2, 0) is 0 Å². The van der Waals surface area contributed by atoms with Crippen LogP contribution in [-0.4, -0.2) is 58.4 Å². The topological polar surface area (TPSA) is 101 Å². The molecule has 1 aromatic carbocycles. The number of carboxylic acid groups (broad SMARTS) is 1. The van der Waals surface area contributed by atoms with Crippen molar-refractivity contribution in [3.05, 3.63) is 42.4 Å². The molecule has 8 nitrogen and oxygen atoms in total. The van der Waals surface area contributed by atoms with Crippen LogP contribution in [0.2, 0.25) is 0 Å². The van der Waals surface area contributed by atoms with Gasteiger partial charge >= 0.3 is 6.09 Å². The average molecular weight is 380 g/mol. The predicted octanol–water partition coefficient (Wildman–Crippen LogP) is 3.41. The molecule has 0 atom stereocenters. The minimum Gasteiger partial charge on any atom is -0.493 e. The van der Waals surface area contributed by atoms with Crippen LogP contribution >= 0.6 is 0 Å². The van der Waals surface area contributed by atoms with Crippen molar-refractivity contribution in [1.29, 1.82) is 0 Å². The number of fused-ring (bicyclic) bond motifs is 1. The number of H-pyrrole nitrogens is 1.